The molecule has 4 aromatic rings. The quantitative estimate of drug-likeness (QED) is 0.572. The Morgan fingerprint density at radius 1 is 1.14 bits per heavy atom. The third-order valence-corrected chi connectivity index (χ3v) is 3.74. The molecule has 22 heavy (non-hydrogen) atoms. The van der Waals surface area contributed by atoms with Gasteiger partial charge >= 0.3 is 0 Å². The maximum absolute atomic E-state index is 12.4. The van der Waals surface area contributed by atoms with Crippen LogP contribution in [0.4, 0.5) is 5.69 Å². The van der Waals surface area contributed by atoms with Crippen LogP contribution < -0.4 is 5.32 Å². The first-order chi connectivity index (χ1) is 10.7. The van der Waals surface area contributed by atoms with Gasteiger partial charge in [-0.15, -0.1) is 0 Å². The summed E-state index contributed by atoms with van der Waals surface area (Å²) in [7, 11) is 0. The van der Waals surface area contributed by atoms with Crippen molar-refractivity contribution >= 4 is 33.5 Å². The standard InChI is InChI=1S/C18H14N2O2/c1-11-6-7-12-9-17(22-16(12)8-11)18(21)20-15-10-19-14-5-3-2-4-13(14)15/h2-10,19H,1H3,(H,20,21). The zero-order valence-electron chi connectivity index (χ0n) is 12.0. The summed E-state index contributed by atoms with van der Waals surface area (Å²) in [6.45, 7) is 1.99. The number of H-pyrrole nitrogens is 1. The molecule has 0 radical (unpaired) electrons. The molecule has 0 saturated carbocycles. The summed E-state index contributed by atoms with van der Waals surface area (Å²) in [5, 5.41) is 4.79. The number of aromatic nitrogens is 1. The number of carbonyl (C=O) groups excluding carboxylic acids is 1. The summed E-state index contributed by atoms with van der Waals surface area (Å²) in [5.74, 6) is 0.0597. The summed E-state index contributed by atoms with van der Waals surface area (Å²) >= 11 is 0. The second kappa shape index (κ2) is 4.77. The van der Waals surface area contributed by atoms with Gasteiger partial charge in [-0.25, -0.2) is 0 Å². The molecule has 0 aliphatic rings. The van der Waals surface area contributed by atoms with Gasteiger partial charge in [0.1, 0.15) is 5.58 Å². The van der Waals surface area contributed by atoms with Crippen molar-refractivity contribution in [2.45, 2.75) is 6.92 Å². The van der Waals surface area contributed by atoms with Crippen molar-refractivity contribution in [1.29, 1.82) is 0 Å². The number of benzene rings is 2. The van der Waals surface area contributed by atoms with E-state index in [1.54, 1.807) is 12.3 Å². The Morgan fingerprint density at radius 2 is 2.00 bits per heavy atom. The number of carbonyl (C=O) groups is 1. The summed E-state index contributed by atoms with van der Waals surface area (Å²) in [4.78, 5) is 15.5. The van der Waals surface area contributed by atoms with Crippen LogP contribution in [0.15, 0.2) is 59.1 Å². The smallest absolute Gasteiger partial charge is 0.291 e. The van der Waals surface area contributed by atoms with E-state index in [0.717, 1.165) is 33.1 Å². The van der Waals surface area contributed by atoms with E-state index in [1.165, 1.54) is 0 Å². The summed E-state index contributed by atoms with van der Waals surface area (Å²) < 4.78 is 5.65. The van der Waals surface area contributed by atoms with E-state index < -0.39 is 0 Å². The fourth-order valence-corrected chi connectivity index (χ4v) is 2.61. The molecule has 2 aromatic carbocycles. The molecule has 108 valence electrons. The lowest BCUT2D eigenvalue weighted by molar-refractivity contribution is 0.0999. The second-order valence-corrected chi connectivity index (χ2v) is 5.35. The average molecular weight is 290 g/mol. The van der Waals surface area contributed by atoms with Gasteiger partial charge < -0.3 is 14.7 Å². The summed E-state index contributed by atoms with van der Waals surface area (Å²) in [6.07, 6.45) is 1.79. The van der Waals surface area contributed by atoms with E-state index >= 15 is 0 Å². The molecule has 0 bridgehead atoms. The van der Waals surface area contributed by atoms with E-state index in [2.05, 4.69) is 10.3 Å². The Balaban J connectivity index is 1.68. The molecular weight excluding hydrogens is 276 g/mol. The predicted molar refractivity (Wildman–Crippen MR) is 87.2 cm³/mol. The van der Waals surface area contributed by atoms with Crippen LogP contribution in [0, 0.1) is 6.92 Å². The van der Waals surface area contributed by atoms with Crippen LogP contribution in [-0.4, -0.2) is 10.9 Å². The normalized spacial score (nSPS) is 11.1. The van der Waals surface area contributed by atoms with Gasteiger partial charge in [0.05, 0.1) is 5.69 Å². The number of hydrogen-bond acceptors (Lipinski definition) is 2. The van der Waals surface area contributed by atoms with Gasteiger partial charge in [-0.05, 0) is 30.7 Å². The Kier molecular flexibility index (Phi) is 2.76. The van der Waals surface area contributed by atoms with Crippen molar-refractivity contribution in [3.8, 4) is 0 Å². The number of anilines is 1. The molecule has 4 rings (SSSR count). The monoisotopic (exact) mass is 290 g/mol. The third kappa shape index (κ3) is 2.05. The first kappa shape index (κ1) is 12.7. The third-order valence-electron chi connectivity index (χ3n) is 3.74. The zero-order valence-corrected chi connectivity index (χ0v) is 12.0. The molecule has 0 unspecified atom stereocenters. The van der Waals surface area contributed by atoms with Crippen LogP contribution in [0.5, 0.6) is 0 Å². The van der Waals surface area contributed by atoms with E-state index in [4.69, 9.17) is 4.42 Å². The minimum atomic E-state index is -0.251. The van der Waals surface area contributed by atoms with Crippen LogP contribution in [-0.2, 0) is 0 Å². The van der Waals surface area contributed by atoms with Gasteiger partial charge in [0.2, 0.25) is 0 Å². The highest BCUT2D eigenvalue weighted by molar-refractivity contribution is 6.09. The van der Waals surface area contributed by atoms with Crippen molar-refractivity contribution < 1.29 is 9.21 Å². The molecule has 4 nitrogen and oxygen atoms in total. The van der Waals surface area contributed by atoms with Gasteiger partial charge in [0, 0.05) is 22.5 Å². The molecule has 0 atom stereocenters. The van der Waals surface area contributed by atoms with Gasteiger partial charge in [-0.1, -0.05) is 30.3 Å². The number of hydrogen-bond donors (Lipinski definition) is 2. The van der Waals surface area contributed by atoms with Gasteiger partial charge in [0.25, 0.3) is 5.91 Å². The molecule has 0 saturated heterocycles. The van der Waals surface area contributed by atoms with E-state index in [1.807, 2.05) is 49.4 Å². The highest BCUT2D eigenvalue weighted by Crippen LogP contribution is 2.25. The Labute approximate surface area is 126 Å². The molecule has 2 aromatic heterocycles. The Hall–Kier alpha value is -3.01. The molecule has 0 aliphatic carbocycles. The molecule has 4 heteroatoms. The SMILES string of the molecule is Cc1ccc2cc(C(=O)Nc3c[nH]c4ccccc34)oc2c1. The van der Waals surface area contributed by atoms with Crippen LogP contribution in [0.2, 0.25) is 0 Å². The van der Waals surface area contributed by atoms with Gasteiger partial charge in [0.15, 0.2) is 5.76 Å². The lowest BCUT2D eigenvalue weighted by Crippen LogP contribution is -2.10. The van der Waals surface area contributed by atoms with Crippen molar-refractivity contribution in [3.05, 3.63) is 66.1 Å². The molecule has 0 fully saturated rings. The summed E-state index contributed by atoms with van der Waals surface area (Å²) in [5.41, 5.74) is 3.56. The van der Waals surface area contributed by atoms with E-state index in [9.17, 15) is 4.79 Å². The maximum atomic E-state index is 12.4. The van der Waals surface area contributed by atoms with E-state index in [-0.39, 0.29) is 5.91 Å². The Bertz CT molecular complexity index is 995. The lowest BCUT2D eigenvalue weighted by atomic mass is 10.2. The van der Waals surface area contributed by atoms with Crippen LogP contribution >= 0.6 is 0 Å². The lowest BCUT2D eigenvalue weighted by Gasteiger charge is -2.00. The number of para-hydroxylation sites is 1. The Morgan fingerprint density at radius 3 is 2.91 bits per heavy atom. The number of furan rings is 1. The van der Waals surface area contributed by atoms with Gasteiger partial charge in [-0.3, -0.25) is 4.79 Å². The van der Waals surface area contributed by atoms with Crippen LogP contribution in [0.1, 0.15) is 16.1 Å². The minimum absolute atomic E-state index is 0.251. The number of aryl methyl sites for hydroxylation is 1. The van der Waals surface area contributed by atoms with Crippen molar-refractivity contribution in [2.24, 2.45) is 0 Å². The van der Waals surface area contributed by atoms with Crippen LogP contribution in [0.3, 0.4) is 0 Å². The van der Waals surface area contributed by atoms with Crippen molar-refractivity contribution in [2.75, 3.05) is 5.32 Å². The van der Waals surface area contributed by atoms with Crippen LogP contribution in [0.25, 0.3) is 21.9 Å². The predicted octanol–water partition coefficient (Wildman–Crippen LogP) is 4.47. The fraction of sp³-hybridized carbons (Fsp3) is 0.0556. The zero-order chi connectivity index (χ0) is 15.1. The highest BCUT2D eigenvalue weighted by atomic mass is 16.3. The number of aromatic amines is 1. The van der Waals surface area contributed by atoms with Crippen molar-refractivity contribution in [1.82, 2.24) is 4.98 Å². The minimum Gasteiger partial charge on any atom is -0.451 e. The molecule has 1 amide bonds. The van der Waals surface area contributed by atoms with Gasteiger partial charge in [-0.2, -0.15) is 0 Å². The number of rotatable bonds is 2. The first-order valence-corrected chi connectivity index (χ1v) is 7.08. The molecule has 2 N–H and O–H groups in total. The molecule has 2 heterocycles. The average Bonchev–Trinajstić information content (AvgIpc) is 3.11. The molecular formula is C18H14N2O2. The number of amides is 1. The highest BCUT2D eigenvalue weighted by Gasteiger charge is 2.14. The topological polar surface area (TPSA) is 58.0 Å². The largest absolute Gasteiger partial charge is 0.451 e. The first-order valence-electron chi connectivity index (χ1n) is 7.08. The fourth-order valence-electron chi connectivity index (χ4n) is 2.61. The van der Waals surface area contributed by atoms with Crippen molar-refractivity contribution in [3.63, 3.8) is 0 Å². The molecule has 0 aliphatic heterocycles. The number of fused-ring (bicyclic) bond motifs is 2. The second-order valence-electron chi connectivity index (χ2n) is 5.35. The number of nitrogens with one attached hydrogen (secondary N) is 2. The summed E-state index contributed by atoms with van der Waals surface area (Å²) in [6, 6.07) is 15.5. The maximum Gasteiger partial charge on any atom is 0.291 e. The van der Waals surface area contributed by atoms with E-state index in [0.29, 0.717) is 5.76 Å². The molecule has 0 spiro atoms.